The summed E-state index contributed by atoms with van der Waals surface area (Å²) in [7, 11) is -3.57. The fourth-order valence-corrected chi connectivity index (χ4v) is 6.57. The lowest BCUT2D eigenvalue weighted by Crippen LogP contribution is -2.47. The minimum absolute atomic E-state index is 0.0300. The van der Waals surface area contributed by atoms with Gasteiger partial charge in [-0.15, -0.1) is 0 Å². The molecule has 1 N–H and O–H groups in total. The van der Waals surface area contributed by atoms with Crippen LogP contribution in [0.4, 0.5) is 10.1 Å². The zero-order chi connectivity index (χ0) is 22.5. The van der Waals surface area contributed by atoms with Gasteiger partial charge in [0.05, 0.1) is 10.7 Å². The van der Waals surface area contributed by atoms with Gasteiger partial charge in [0, 0.05) is 23.3 Å². The average molecular weight is 479 g/mol. The zero-order valence-corrected chi connectivity index (χ0v) is 19.0. The summed E-state index contributed by atoms with van der Waals surface area (Å²) >= 11 is 6.17. The van der Waals surface area contributed by atoms with E-state index in [9.17, 15) is 17.6 Å². The molecule has 2 aliphatic heterocycles. The lowest BCUT2D eigenvalue weighted by Gasteiger charge is -2.37. The Bertz CT molecular complexity index is 1170. The Morgan fingerprint density at radius 1 is 1.16 bits per heavy atom. The predicted molar refractivity (Wildman–Crippen MR) is 120 cm³/mol. The van der Waals surface area contributed by atoms with Crippen molar-refractivity contribution < 1.29 is 22.3 Å². The molecule has 1 saturated heterocycles. The summed E-state index contributed by atoms with van der Waals surface area (Å²) in [6.45, 7) is 2.44. The van der Waals surface area contributed by atoms with Crippen LogP contribution in [0.3, 0.4) is 0 Å². The van der Waals surface area contributed by atoms with Crippen LogP contribution >= 0.6 is 11.6 Å². The van der Waals surface area contributed by atoms with Crippen LogP contribution in [-0.4, -0.2) is 50.7 Å². The largest absolute Gasteiger partial charge is 0.492 e. The molecule has 1 amide bonds. The Morgan fingerprint density at radius 2 is 1.91 bits per heavy atom. The predicted octanol–water partition coefficient (Wildman–Crippen LogP) is 3.78. The maximum absolute atomic E-state index is 14.4. The molecule has 2 fully saturated rings. The maximum Gasteiger partial charge on any atom is 0.235 e. The van der Waals surface area contributed by atoms with Crippen molar-refractivity contribution in [1.29, 1.82) is 0 Å². The number of fused-ring (bicyclic) bond motifs is 2. The Kier molecular flexibility index (Phi) is 5.42. The second-order valence-corrected chi connectivity index (χ2v) is 11.4. The molecule has 0 atom stereocenters. The SMILES string of the molecule is O=C1Nc2ccc(Cl)cc2C12CCN(CCOc1ccc(S(=O)(=O)C3CC3)c(F)c1)CC2. The van der Waals surface area contributed by atoms with Gasteiger partial charge in [0.1, 0.15) is 23.1 Å². The van der Waals surface area contributed by atoms with Gasteiger partial charge in [-0.2, -0.15) is 0 Å². The number of benzene rings is 2. The highest BCUT2D eigenvalue weighted by Crippen LogP contribution is 2.45. The van der Waals surface area contributed by atoms with Crippen LogP contribution in [0.1, 0.15) is 31.2 Å². The highest BCUT2D eigenvalue weighted by molar-refractivity contribution is 7.92. The molecule has 1 saturated carbocycles. The summed E-state index contributed by atoms with van der Waals surface area (Å²) in [6.07, 6.45) is 2.57. The summed E-state index contributed by atoms with van der Waals surface area (Å²) < 4.78 is 44.5. The zero-order valence-electron chi connectivity index (χ0n) is 17.4. The highest BCUT2D eigenvalue weighted by Gasteiger charge is 2.48. The Morgan fingerprint density at radius 3 is 2.59 bits per heavy atom. The molecule has 1 aliphatic carbocycles. The van der Waals surface area contributed by atoms with Gasteiger partial charge in [0.25, 0.3) is 0 Å². The number of anilines is 1. The summed E-state index contributed by atoms with van der Waals surface area (Å²) in [5.74, 6) is -0.425. The van der Waals surface area contributed by atoms with Gasteiger partial charge in [0.2, 0.25) is 5.91 Å². The van der Waals surface area contributed by atoms with E-state index in [2.05, 4.69) is 10.2 Å². The molecular weight excluding hydrogens is 455 g/mol. The molecule has 3 aliphatic rings. The van der Waals surface area contributed by atoms with Crippen molar-refractivity contribution in [2.45, 2.75) is 41.2 Å². The number of hydrogen-bond acceptors (Lipinski definition) is 5. The molecule has 2 aromatic carbocycles. The number of ether oxygens (including phenoxy) is 1. The van der Waals surface area contributed by atoms with Gasteiger partial charge in [-0.25, -0.2) is 12.8 Å². The van der Waals surface area contributed by atoms with Crippen molar-refractivity contribution in [2.75, 3.05) is 31.6 Å². The van der Waals surface area contributed by atoms with Crippen molar-refractivity contribution in [3.8, 4) is 5.75 Å². The first-order valence-electron chi connectivity index (χ1n) is 10.8. The molecular formula is C23H24ClFN2O4S. The molecule has 0 aromatic heterocycles. The lowest BCUT2D eigenvalue weighted by atomic mass is 9.73. The average Bonchev–Trinajstić information content (AvgIpc) is 3.58. The molecule has 1 spiro atoms. The van der Waals surface area contributed by atoms with Gasteiger partial charge in [-0.1, -0.05) is 11.6 Å². The van der Waals surface area contributed by atoms with Crippen molar-refractivity contribution in [2.24, 2.45) is 0 Å². The Labute approximate surface area is 191 Å². The molecule has 0 unspecified atom stereocenters. The third-order valence-corrected chi connectivity index (χ3v) is 9.27. The molecule has 0 bridgehead atoms. The van der Waals surface area contributed by atoms with Crippen LogP contribution in [0.15, 0.2) is 41.3 Å². The number of carbonyl (C=O) groups is 1. The molecule has 2 aromatic rings. The summed E-state index contributed by atoms with van der Waals surface area (Å²) in [5.41, 5.74) is 1.27. The van der Waals surface area contributed by atoms with Crippen molar-refractivity contribution in [3.63, 3.8) is 0 Å². The van der Waals surface area contributed by atoms with E-state index >= 15 is 0 Å². The van der Waals surface area contributed by atoms with E-state index in [1.54, 1.807) is 6.07 Å². The summed E-state index contributed by atoms with van der Waals surface area (Å²) in [4.78, 5) is 14.7. The number of nitrogens with zero attached hydrogens (tertiary/aromatic N) is 1. The monoisotopic (exact) mass is 478 g/mol. The van der Waals surface area contributed by atoms with Crippen LogP contribution in [-0.2, 0) is 20.0 Å². The second kappa shape index (κ2) is 8.01. The van der Waals surface area contributed by atoms with Gasteiger partial charge in [-0.3, -0.25) is 9.69 Å². The first-order chi connectivity index (χ1) is 15.3. The summed E-state index contributed by atoms with van der Waals surface area (Å²) in [6, 6.07) is 9.46. The Balaban J connectivity index is 1.17. The van der Waals surface area contributed by atoms with E-state index in [-0.39, 0.29) is 10.8 Å². The van der Waals surface area contributed by atoms with Crippen LogP contribution < -0.4 is 10.1 Å². The maximum atomic E-state index is 14.4. The van der Waals surface area contributed by atoms with Crippen LogP contribution in [0, 0.1) is 5.82 Å². The number of halogens is 2. The first-order valence-corrected chi connectivity index (χ1v) is 12.7. The normalized spacial score (nSPS) is 20.2. The van der Waals surface area contributed by atoms with Crippen LogP contribution in [0.2, 0.25) is 5.02 Å². The number of rotatable bonds is 6. The molecule has 5 rings (SSSR count). The summed E-state index contributed by atoms with van der Waals surface area (Å²) in [5, 5.41) is 3.15. The minimum Gasteiger partial charge on any atom is -0.492 e. The first kappa shape index (κ1) is 21.7. The van der Waals surface area contributed by atoms with E-state index in [1.165, 1.54) is 12.1 Å². The number of likely N-dealkylation sites (tertiary alicyclic amines) is 1. The number of carbonyl (C=O) groups excluding carboxylic acids is 1. The van der Waals surface area contributed by atoms with Gasteiger partial charge >= 0.3 is 0 Å². The van der Waals surface area contributed by atoms with Gasteiger partial charge in [0.15, 0.2) is 9.84 Å². The molecule has 9 heteroatoms. The number of piperidine rings is 1. The smallest absolute Gasteiger partial charge is 0.235 e. The molecule has 0 radical (unpaired) electrons. The highest BCUT2D eigenvalue weighted by atomic mass is 35.5. The van der Waals surface area contributed by atoms with E-state index < -0.39 is 26.3 Å². The number of sulfone groups is 1. The van der Waals surface area contributed by atoms with E-state index in [0.29, 0.717) is 49.6 Å². The fraction of sp³-hybridized carbons (Fsp3) is 0.435. The molecule has 170 valence electrons. The van der Waals surface area contributed by atoms with Crippen molar-refractivity contribution in [1.82, 2.24) is 4.90 Å². The van der Waals surface area contributed by atoms with Gasteiger partial charge in [-0.05, 0) is 74.7 Å². The topological polar surface area (TPSA) is 75.7 Å². The number of hydrogen-bond donors (Lipinski definition) is 1. The number of amides is 1. The molecule has 2 heterocycles. The van der Waals surface area contributed by atoms with Crippen LogP contribution in [0.25, 0.3) is 0 Å². The fourth-order valence-electron chi connectivity index (χ4n) is 4.69. The van der Waals surface area contributed by atoms with Crippen molar-refractivity contribution >= 4 is 33.0 Å². The quantitative estimate of drug-likeness (QED) is 0.683. The van der Waals surface area contributed by atoms with E-state index in [1.807, 2.05) is 12.1 Å². The molecule has 32 heavy (non-hydrogen) atoms. The van der Waals surface area contributed by atoms with E-state index in [4.69, 9.17) is 16.3 Å². The third kappa shape index (κ3) is 3.78. The minimum atomic E-state index is -3.57. The van der Waals surface area contributed by atoms with E-state index in [0.717, 1.165) is 30.4 Å². The molecule has 6 nitrogen and oxygen atoms in total. The Hall–Kier alpha value is -2.16. The van der Waals surface area contributed by atoms with Crippen molar-refractivity contribution in [3.05, 3.63) is 52.8 Å². The third-order valence-electron chi connectivity index (χ3n) is 6.74. The standard InChI is InChI=1S/C23H24ClFN2O4S/c24-15-1-5-20-18(13-15)23(22(28)26-20)7-9-27(10-8-23)11-12-31-16-2-6-21(19(25)14-16)32(29,30)17-3-4-17/h1-2,5-6,13-14,17H,3-4,7-12H2,(H,26,28). The number of nitrogens with one attached hydrogen (secondary N) is 1. The van der Waals surface area contributed by atoms with Crippen LogP contribution in [0.5, 0.6) is 5.75 Å². The second-order valence-electron chi connectivity index (χ2n) is 8.75. The van der Waals surface area contributed by atoms with Gasteiger partial charge < -0.3 is 10.1 Å². The lowest BCUT2D eigenvalue weighted by molar-refractivity contribution is -0.122.